The van der Waals surface area contributed by atoms with Gasteiger partial charge in [-0.05, 0) is 37.7 Å². The summed E-state index contributed by atoms with van der Waals surface area (Å²) in [5.74, 6) is 1.91. The standard InChI is InChI=1S/C17H25N5S/c1-18-17(20-12-7-8-13(11-12)23-2)19-10-9-16-21-14-5-3-4-6-15(14)22-16/h3-6,12-13H,7-11H2,1-2H3,(H,21,22)(H2,18,19,20). The van der Waals surface area contributed by atoms with Gasteiger partial charge in [0.2, 0.25) is 0 Å². The van der Waals surface area contributed by atoms with E-state index >= 15 is 0 Å². The van der Waals surface area contributed by atoms with Gasteiger partial charge in [0.1, 0.15) is 5.82 Å². The molecule has 0 amide bonds. The van der Waals surface area contributed by atoms with Crippen LogP contribution in [0.5, 0.6) is 0 Å². The minimum absolute atomic E-state index is 0.546. The third kappa shape index (κ3) is 4.19. The van der Waals surface area contributed by atoms with Crippen LogP contribution in [-0.4, -0.2) is 47.1 Å². The van der Waals surface area contributed by atoms with Crippen LogP contribution in [0.4, 0.5) is 0 Å². The predicted molar refractivity (Wildman–Crippen MR) is 99.2 cm³/mol. The van der Waals surface area contributed by atoms with Crippen molar-refractivity contribution in [3.63, 3.8) is 0 Å². The zero-order chi connectivity index (χ0) is 16.1. The molecule has 3 N–H and O–H groups in total. The monoisotopic (exact) mass is 331 g/mol. The summed E-state index contributed by atoms with van der Waals surface area (Å²) in [7, 11) is 1.83. The highest BCUT2D eigenvalue weighted by Gasteiger charge is 2.24. The van der Waals surface area contributed by atoms with Crippen molar-refractivity contribution in [3.8, 4) is 0 Å². The minimum Gasteiger partial charge on any atom is -0.356 e. The molecular formula is C17H25N5S. The van der Waals surface area contributed by atoms with Gasteiger partial charge >= 0.3 is 0 Å². The molecule has 1 saturated carbocycles. The Labute approximate surface area is 141 Å². The van der Waals surface area contributed by atoms with Crippen LogP contribution < -0.4 is 10.6 Å². The van der Waals surface area contributed by atoms with Crippen molar-refractivity contribution >= 4 is 28.8 Å². The third-order valence-electron chi connectivity index (χ3n) is 4.37. The topological polar surface area (TPSA) is 65.1 Å². The number of rotatable bonds is 5. The molecule has 1 aromatic heterocycles. The summed E-state index contributed by atoms with van der Waals surface area (Å²) in [5, 5.41) is 7.72. The van der Waals surface area contributed by atoms with E-state index < -0.39 is 0 Å². The maximum Gasteiger partial charge on any atom is 0.191 e. The van der Waals surface area contributed by atoms with Crippen molar-refractivity contribution in [1.29, 1.82) is 0 Å². The maximum atomic E-state index is 4.60. The maximum absolute atomic E-state index is 4.60. The Bertz CT molecular complexity index is 633. The second kappa shape index (κ2) is 7.73. The highest BCUT2D eigenvalue weighted by molar-refractivity contribution is 7.99. The van der Waals surface area contributed by atoms with Gasteiger partial charge < -0.3 is 15.6 Å². The first kappa shape index (κ1) is 16.2. The normalized spacial score (nSPS) is 21.7. The number of nitrogens with zero attached hydrogens (tertiary/aromatic N) is 2. The average molecular weight is 331 g/mol. The summed E-state index contributed by atoms with van der Waals surface area (Å²) in [6.07, 6.45) is 6.82. The van der Waals surface area contributed by atoms with E-state index in [9.17, 15) is 0 Å². The summed E-state index contributed by atoms with van der Waals surface area (Å²) < 4.78 is 0. The van der Waals surface area contributed by atoms with Crippen LogP contribution in [0.1, 0.15) is 25.1 Å². The van der Waals surface area contributed by atoms with Gasteiger partial charge in [-0.3, -0.25) is 4.99 Å². The van der Waals surface area contributed by atoms with Crippen molar-refractivity contribution < 1.29 is 0 Å². The van der Waals surface area contributed by atoms with Crippen LogP contribution in [0, 0.1) is 0 Å². The highest BCUT2D eigenvalue weighted by Crippen LogP contribution is 2.27. The molecule has 2 aromatic rings. The van der Waals surface area contributed by atoms with Gasteiger partial charge in [0.05, 0.1) is 11.0 Å². The Hall–Kier alpha value is -1.69. The van der Waals surface area contributed by atoms with E-state index in [1.54, 1.807) is 0 Å². The van der Waals surface area contributed by atoms with E-state index in [0.29, 0.717) is 6.04 Å². The molecule has 0 saturated heterocycles. The summed E-state index contributed by atoms with van der Waals surface area (Å²) in [6, 6.07) is 8.68. The Morgan fingerprint density at radius 1 is 1.39 bits per heavy atom. The summed E-state index contributed by atoms with van der Waals surface area (Å²) in [6.45, 7) is 0.818. The largest absolute Gasteiger partial charge is 0.356 e. The van der Waals surface area contributed by atoms with Crippen LogP contribution in [-0.2, 0) is 6.42 Å². The summed E-state index contributed by atoms with van der Waals surface area (Å²) in [4.78, 5) is 12.3. The number of hydrogen-bond donors (Lipinski definition) is 3. The van der Waals surface area contributed by atoms with Gasteiger partial charge in [0, 0.05) is 31.3 Å². The Balaban J connectivity index is 1.47. The Morgan fingerprint density at radius 2 is 2.26 bits per heavy atom. The SMILES string of the molecule is CN=C(NCCc1nc2ccccc2[nH]1)NC1CCC(SC)C1. The lowest BCUT2D eigenvalue weighted by atomic mass is 10.2. The highest BCUT2D eigenvalue weighted by atomic mass is 32.2. The molecule has 0 aliphatic heterocycles. The molecule has 5 nitrogen and oxygen atoms in total. The minimum atomic E-state index is 0.546. The predicted octanol–water partition coefficient (Wildman–Crippen LogP) is 2.55. The quantitative estimate of drug-likeness (QED) is 0.582. The molecule has 1 aliphatic rings. The van der Waals surface area contributed by atoms with Gasteiger partial charge in [-0.15, -0.1) is 0 Å². The molecule has 23 heavy (non-hydrogen) atoms. The third-order valence-corrected chi connectivity index (χ3v) is 5.47. The van der Waals surface area contributed by atoms with E-state index in [4.69, 9.17) is 0 Å². The van der Waals surface area contributed by atoms with E-state index in [2.05, 4.69) is 37.9 Å². The molecule has 1 aliphatic carbocycles. The van der Waals surface area contributed by atoms with Crippen molar-refractivity contribution in [1.82, 2.24) is 20.6 Å². The number of aromatic nitrogens is 2. The van der Waals surface area contributed by atoms with E-state index in [1.807, 2.05) is 37.0 Å². The molecule has 6 heteroatoms. The van der Waals surface area contributed by atoms with E-state index in [0.717, 1.165) is 41.0 Å². The molecule has 1 heterocycles. The lowest BCUT2D eigenvalue weighted by molar-refractivity contribution is 0.614. The van der Waals surface area contributed by atoms with Gasteiger partial charge in [-0.2, -0.15) is 11.8 Å². The number of nitrogens with one attached hydrogen (secondary N) is 3. The number of aliphatic imine (C=N–C) groups is 1. The first-order valence-electron chi connectivity index (χ1n) is 8.22. The number of thioether (sulfide) groups is 1. The smallest absolute Gasteiger partial charge is 0.191 e. The van der Waals surface area contributed by atoms with Gasteiger partial charge in [0.25, 0.3) is 0 Å². The number of fused-ring (bicyclic) bond motifs is 1. The van der Waals surface area contributed by atoms with Gasteiger partial charge in [0.15, 0.2) is 5.96 Å². The zero-order valence-corrected chi connectivity index (χ0v) is 14.6. The molecule has 2 unspecified atom stereocenters. The molecule has 1 fully saturated rings. The fourth-order valence-electron chi connectivity index (χ4n) is 3.10. The van der Waals surface area contributed by atoms with Crippen molar-refractivity contribution in [2.45, 2.75) is 37.0 Å². The molecule has 0 spiro atoms. The van der Waals surface area contributed by atoms with Crippen molar-refractivity contribution in [2.24, 2.45) is 4.99 Å². The Kier molecular flexibility index (Phi) is 5.43. The summed E-state index contributed by atoms with van der Waals surface area (Å²) >= 11 is 1.98. The number of imidazole rings is 1. The first-order valence-corrected chi connectivity index (χ1v) is 9.51. The van der Waals surface area contributed by atoms with Gasteiger partial charge in [-0.25, -0.2) is 4.98 Å². The Morgan fingerprint density at radius 3 is 3.00 bits per heavy atom. The number of benzene rings is 1. The van der Waals surface area contributed by atoms with Crippen molar-refractivity contribution in [3.05, 3.63) is 30.1 Å². The number of guanidine groups is 1. The van der Waals surface area contributed by atoms with Crippen LogP contribution in [0.3, 0.4) is 0 Å². The second-order valence-corrected chi connectivity index (χ2v) is 7.10. The molecule has 1 aromatic carbocycles. The fourth-order valence-corrected chi connectivity index (χ4v) is 3.89. The molecule has 3 rings (SSSR count). The summed E-state index contributed by atoms with van der Waals surface area (Å²) in [5.41, 5.74) is 2.12. The first-order chi connectivity index (χ1) is 11.3. The number of aromatic amines is 1. The van der Waals surface area contributed by atoms with Crippen LogP contribution in [0.2, 0.25) is 0 Å². The van der Waals surface area contributed by atoms with Crippen LogP contribution in [0.15, 0.2) is 29.3 Å². The molecule has 0 bridgehead atoms. The lowest BCUT2D eigenvalue weighted by Gasteiger charge is -2.17. The number of H-pyrrole nitrogens is 1. The zero-order valence-electron chi connectivity index (χ0n) is 13.8. The van der Waals surface area contributed by atoms with Crippen molar-refractivity contribution in [2.75, 3.05) is 19.8 Å². The fraction of sp³-hybridized carbons (Fsp3) is 0.529. The van der Waals surface area contributed by atoms with E-state index in [-0.39, 0.29) is 0 Å². The molecule has 2 atom stereocenters. The van der Waals surface area contributed by atoms with Gasteiger partial charge in [-0.1, -0.05) is 12.1 Å². The molecular weight excluding hydrogens is 306 g/mol. The molecule has 124 valence electrons. The molecule has 0 radical (unpaired) electrons. The van der Waals surface area contributed by atoms with Crippen LogP contribution in [0.25, 0.3) is 11.0 Å². The second-order valence-electron chi connectivity index (χ2n) is 5.96. The number of hydrogen-bond acceptors (Lipinski definition) is 3. The number of para-hydroxylation sites is 2. The van der Waals surface area contributed by atoms with E-state index in [1.165, 1.54) is 19.3 Å². The van der Waals surface area contributed by atoms with Crippen LogP contribution >= 0.6 is 11.8 Å². The lowest BCUT2D eigenvalue weighted by Crippen LogP contribution is -2.43. The average Bonchev–Trinajstić information content (AvgIpc) is 3.19.